The normalized spacial score (nSPS) is 14.8. The summed E-state index contributed by atoms with van der Waals surface area (Å²) in [5, 5.41) is 12.2. The average Bonchev–Trinajstić information content (AvgIpc) is 3.84. The number of fused-ring (bicyclic) bond motifs is 1. The van der Waals surface area contributed by atoms with Crippen LogP contribution in [0.2, 0.25) is 0 Å². The first-order valence-electron chi connectivity index (χ1n) is 18.0. The van der Waals surface area contributed by atoms with Gasteiger partial charge in [-0.15, -0.1) is 11.3 Å². The van der Waals surface area contributed by atoms with Crippen molar-refractivity contribution in [2.45, 2.75) is 95.0 Å². The highest BCUT2D eigenvalue weighted by Crippen LogP contribution is 2.47. The van der Waals surface area contributed by atoms with E-state index in [2.05, 4.69) is 5.32 Å². The molecule has 0 bridgehead atoms. The van der Waals surface area contributed by atoms with Crippen molar-refractivity contribution in [3.05, 3.63) is 116 Å². The lowest BCUT2D eigenvalue weighted by Crippen LogP contribution is -2.51. The molecule has 12 heteroatoms. The third kappa shape index (κ3) is 8.14. The first-order chi connectivity index (χ1) is 25.3. The number of ether oxygens (including phenoxy) is 1. The van der Waals surface area contributed by atoms with Gasteiger partial charge in [0.2, 0.25) is 10.0 Å². The van der Waals surface area contributed by atoms with E-state index < -0.39 is 33.5 Å². The van der Waals surface area contributed by atoms with Crippen LogP contribution in [0.3, 0.4) is 0 Å². The quantitative estimate of drug-likeness (QED) is 0.0951. The Hall–Kier alpha value is -4.65. The predicted octanol–water partition coefficient (Wildman–Crippen LogP) is 7.28. The summed E-state index contributed by atoms with van der Waals surface area (Å²) in [4.78, 5) is 53.5. The molecule has 1 heterocycles. The van der Waals surface area contributed by atoms with Crippen LogP contribution < -0.4 is 5.32 Å². The number of Topliss-reactive ketones (excluding diaryl/α,β-unsaturated/α-hetero) is 1. The fourth-order valence-corrected chi connectivity index (χ4v) is 10.6. The molecule has 0 atom stereocenters. The number of carbonyl (C=O) groups is 4. The summed E-state index contributed by atoms with van der Waals surface area (Å²) in [7, 11) is -4.17. The van der Waals surface area contributed by atoms with Gasteiger partial charge in [0.05, 0.1) is 22.6 Å². The number of carboxylic acid groups (broad SMARTS) is 1. The number of hydrogen-bond acceptors (Lipinski definition) is 8. The van der Waals surface area contributed by atoms with Gasteiger partial charge in [-0.05, 0) is 125 Å². The lowest BCUT2D eigenvalue weighted by molar-refractivity contribution is -0.149. The SMILES string of the molecule is CCOC(=O)C1(N(C(C)C)S(=O)(=O)c2cccc(C(=O)Cc3sc4c(c3C(=O)Nc3ccc(CCc5ccc(C(=O)O)cc5)cc3)CCCC4)c2)CC1. The van der Waals surface area contributed by atoms with Gasteiger partial charge in [0.15, 0.2) is 5.78 Å². The van der Waals surface area contributed by atoms with E-state index in [9.17, 15) is 27.6 Å². The molecule has 278 valence electrons. The summed E-state index contributed by atoms with van der Waals surface area (Å²) in [5.41, 5.74) is 3.43. The van der Waals surface area contributed by atoms with Crippen LogP contribution in [0, 0.1) is 0 Å². The van der Waals surface area contributed by atoms with Crippen LogP contribution in [-0.4, -0.2) is 59.6 Å². The van der Waals surface area contributed by atoms with Crippen molar-refractivity contribution in [1.82, 2.24) is 4.31 Å². The summed E-state index contributed by atoms with van der Waals surface area (Å²) >= 11 is 1.48. The van der Waals surface area contributed by atoms with Crippen molar-refractivity contribution < 1.29 is 37.4 Å². The van der Waals surface area contributed by atoms with Crippen molar-refractivity contribution >= 4 is 50.7 Å². The summed E-state index contributed by atoms with van der Waals surface area (Å²) < 4.78 is 34.6. The Morgan fingerprint density at radius 3 is 2.15 bits per heavy atom. The zero-order valence-corrected chi connectivity index (χ0v) is 31.8. The number of carboxylic acids is 1. The van der Waals surface area contributed by atoms with E-state index in [1.165, 1.54) is 33.8 Å². The third-order valence-electron chi connectivity index (χ3n) is 9.89. The number of sulfonamides is 1. The maximum atomic E-state index is 14.0. The lowest BCUT2D eigenvalue weighted by Gasteiger charge is -2.32. The Morgan fingerprint density at radius 2 is 1.55 bits per heavy atom. The number of nitrogens with zero attached hydrogens (tertiary/aromatic N) is 1. The number of amides is 1. The zero-order valence-electron chi connectivity index (χ0n) is 30.1. The number of anilines is 1. The van der Waals surface area contributed by atoms with E-state index in [1.54, 1.807) is 39.0 Å². The molecule has 1 amide bonds. The highest BCUT2D eigenvalue weighted by atomic mass is 32.2. The summed E-state index contributed by atoms with van der Waals surface area (Å²) in [6.45, 7) is 5.27. The number of nitrogens with one attached hydrogen (secondary N) is 1. The molecule has 2 N–H and O–H groups in total. The maximum Gasteiger partial charge on any atom is 0.335 e. The summed E-state index contributed by atoms with van der Waals surface area (Å²) in [6.07, 6.45) is 5.70. The van der Waals surface area contributed by atoms with Crippen LogP contribution in [0.25, 0.3) is 0 Å². The molecule has 2 aliphatic rings. The predicted molar refractivity (Wildman–Crippen MR) is 203 cm³/mol. The van der Waals surface area contributed by atoms with E-state index >= 15 is 0 Å². The van der Waals surface area contributed by atoms with Gasteiger partial charge in [0.1, 0.15) is 5.54 Å². The second-order valence-electron chi connectivity index (χ2n) is 13.9. The van der Waals surface area contributed by atoms with E-state index in [-0.39, 0.29) is 40.7 Å². The van der Waals surface area contributed by atoms with Crippen molar-refractivity contribution in [3.63, 3.8) is 0 Å². The van der Waals surface area contributed by atoms with Crippen LogP contribution in [-0.2, 0) is 51.7 Å². The highest BCUT2D eigenvalue weighted by molar-refractivity contribution is 7.89. The molecule has 3 aromatic carbocycles. The molecule has 0 radical (unpaired) electrons. The minimum atomic E-state index is -4.17. The number of aromatic carboxylic acids is 1. The van der Waals surface area contributed by atoms with Crippen molar-refractivity contribution in [3.8, 4) is 0 Å². The zero-order chi connectivity index (χ0) is 37.9. The molecule has 2 aliphatic carbocycles. The second kappa shape index (κ2) is 15.8. The number of benzene rings is 3. The topological polar surface area (TPSA) is 147 Å². The molecule has 0 aliphatic heterocycles. The fraction of sp³-hybridized carbons (Fsp3) is 0.366. The Labute approximate surface area is 314 Å². The number of aryl methyl sites for hydroxylation is 3. The van der Waals surface area contributed by atoms with Gasteiger partial charge < -0.3 is 15.2 Å². The maximum absolute atomic E-state index is 14.0. The molecule has 0 unspecified atom stereocenters. The molecular formula is C41H44N2O8S2. The lowest BCUT2D eigenvalue weighted by atomic mass is 9.93. The third-order valence-corrected chi connectivity index (χ3v) is 13.3. The number of hydrogen-bond donors (Lipinski definition) is 2. The molecule has 6 rings (SSSR count). The van der Waals surface area contributed by atoms with Gasteiger partial charge >= 0.3 is 11.9 Å². The van der Waals surface area contributed by atoms with Gasteiger partial charge in [-0.1, -0.05) is 36.4 Å². The molecule has 0 spiro atoms. The van der Waals surface area contributed by atoms with Gasteiger partial charge in [-0.3, -0.25) is 14.4 Å². The van der Waals surface area contributed by atoms with Crippen LogP contribution in [0.15, 0.2) is 77.7 Å². The summed E-state index contributed by atoms with van der Waals surface area (Å²) in [6, 6.07) is 19.8. The Kier molecular flexibility index (Phi) is 11.3. The van der Waals surface area contributed by atoms with Gasteiger partial charge in [-0.25, -0.2) is 13.2 Å². The fourth-order valence-electron chi connectivity index (χ4n) is 7.15. The standard InChI is InChI=1S/C41H44N2O8S2/c1-4-51-40(48)41(22-23-41)43(26(2)3)53(49,50)32-9-7-8-30(24-32)34(44)25-36-37(33-10-5-6-11-35(33)52-36)38(45)42-31-20-16-28(17-21-31)13-12-27-14-18-29(19-15-27)39(46)47/h7-9,14-21,24,26H,4-6,10-13,22-23,25H2,1-3H3,(H,42,45)(H,46,47). The van der Waals surface area contributed by atoms with E-state index in [0.29, 0.717) is 29.0 Å². The molecule has 4 aromatic rings. The van der Waals surface area contributed by atoms with Gasteiger partial charge in [0, 0.05) is 33.5 Å². The smallest absolute Gasteiger partial charge is 0.335 e. The largest absolute Gasteiger partial charge is 0.478 e. The molecule has 0 saturated heterocycles. The number of esters is 1. The number of ketones is 1. The Bertz CT molecular complexity index is 2130. The van der Waals surface area contributed by atoms with Crippen LogP contribution >= 0.6 is 11.3 Å². The van der Waals surface area contributed by atoms with Crippen LogP contribution in [0.1, 0.15) is 104 Å². The molecule has 1 aromatic heterocycles. The van der Waals surface area contributed by atoms with Gasteiger partial charge in [-0.2, -0.15) is 4.31 Å². The molecule has 53 heavy (non-hydrogen) atoms. The van der Waals surface area contributed by atoms with Crippen molar-refractivity contribution in [1.29, 1.82) is 0 Å². The van der Waals surface area contributed by atoms with Crippen molar-refractivity contribution in [2.24, 2.45) is 0 Å². The van der Waals surface area contributed by atoms with Crippen molar-refractivity contribution in [2.75, 3.05) is 11.9 Å². The minimum Gasteiger partial charge on any atom is -0.478 e. The first kappa shape index (κ1) is 38.1. The number of thiophene rings is 1. The van der Waals surface area contributed by atoms with Crippen LogP contribution in [0.4, 0.5) is 5.69 Å². The monoisotopic (exact) mass is 756 g/mol. The first-order valence-corrected chi connectivity index (χ1v) is 20.3. The van der Waals surface area contributed by atoms with Gasteiger partial charge in [0.25, 0.3) is 5.91 Å². The molecule has 1 fully saturated rings. The van der Waals surface area contributed by atoms with E-state index in [4.69, 9.17) is 9.84 Å². The van der Waals surface area contributed by atoms with E-state index in [0.717, 1.165) is 60.1 Å². The van der Waals surface area contributed by atoms with E-state index in [1.807, 2.05) is 36.4 Å². The minimum absolute atomic E-state index is 0.0586. The average molecular weight is 757 g/mol. The highest BCUT2D eigenvalue weighted by Gasteiger charge is 2.61. The Morgan fingerprint density at radius 1 is 0.906 bits per heavy atom. The second-order valence-corrected chi connectivity index (χ2v) is 16.9. The molecular weight excluding hydrogens is 713 g/mol. The van der Waals surface area contributed by atoms with Crippen LogP contribution in [0.5, 0.6) is 0 Å². The Balaban J connectivity index is 1.18. The summed E-state index contributed by atoms with van der Waals surface area (Å²) in [5.74, 6) is -2.10. The number of carbonyl (C=O) groups excluding carboxylic acids is 3. The number of rotatable bonds is 15. The molecule has 10 nitrogen and oxygen atoms in total. The molecule has 1 saturated carbocycles.